The van der Waals surface area contributed by atoms with Crippen molar-refractivity contribution in [2.24, 2.45) is 0 Å². The Morgan fingerprint density at radius 2 is 2.14 bits per heavy atom. The van der Waals surface area contributed by atoms with E-state index < -0.39 is 6.03 Å². The predicted octanol–water partition coefficient (Wildman–Crippen LogP) is 2.31. The number of imide groups is 1. The summed E-state index contributed by atoms with van der Waals surface area (Å²) in [5.41, 5.74) is 0.630. The summed E-state index contributed by atoms with van der Waals surface area (Å²) in [4.78, 5) is 24.7. The number of benzene rings is 1. The van der Waals surface area contributed by atoms with Crippen LogP contribution in [-0.4, -0.2) is 38.3 Å². The monoisotopic (exact) mass is 356 g/mol. The number of rotatable bonds is 6. The summed E-state index contributed by atoms with van der Waals surface area (Å²) >= 11 is 3.38. The highest BCUT2D eigenvalue weighted by Crippen LogP contribution is 2.32. The lowest BCUT2D eigenvalue weighted by Gasteiger charge is -2.28. The fourth-order valence-electron chi connectivity index (χ4n) is 1.97. The quantitative estimate of drug-likeness (QED) is 0.794. The van der Waals surface area contributed by atoms with Crippen LogP contribution in [0.4, 0.5) is 10.5 Å². The molecular formula is C14H17BrN2O4. The van der Waals surface area contributed by atoms with E-state index >= 15 is 0 Å². The van der Waals surface area contributed by atoms with Crippen molar-refractivity contribution in [1.29, 1.82) is 0 Å². The maximum absolute atomic E-state index is 11.9. The second-order valence-corrected chi connectivity index (χ2v) is 5.33. The smallest absolute Gasteiger partial charge is 0.328 e. The SMILES string of the molecule is CCOCCOc1ccc(Br)cc1N1CCC(=O)NC1=O. The summed E-state index contributed by atoms with van der Waals surface area (Å²) in [7, 11) is 0. The molecule has 6 nitrogen and oxygen atoms in total. The van der Waals surface area contributed by atoms with Gasteiger partial charge in [-0.15, -0.1) is 0 Å². The standard InChI is InChI=1S/C14H17BrN2O4/c1-2-20-7-8-21-12-4-3-10(15)9-11(12)17-6-5-13(18)16-14(17)19/h3-4,9H,2,5-8H2,1H3,(H,16,18,19). The molecule has 0 spiro atoms. The summed E-state index contributed by atoms with van der Waals surface area (Å²) in [6.07, 6.45) is 0.274. The number of carbonyl (C=O) groups excluding carboxylic acids is 2. The number of amides is 3. The third-order valence-corrected chi connectivity index (χ3v) is 3.45. The molecule has 114 valence electrons. The maximum atomic E-state index is 11.9. The third kappa shape index (κ3) is 4.18. The number of hydrogen-bond acceptors (Lipinski definition) is 4. The predicted molar refractivity (Wildman–Crippen MR) is 81.6 cm³/mol. The Balaban J connectivity index is 2.14. The highest BCUT2D eigenvalue weighted by Gasteiger charge is 2.26. The van der Waals surface area contributed by atoms with Crippen LogP contribution in [0.3, 0.4) is 0 Å². The zero-order chi connectivity index (χ0) is 15.2. The second kappa shape index (κ2) is 7.42. The molecule has 0 atom stereocenters. The van der Waals surface area contributed by atoms with E-state index in [0.717, 1.165) is 4.47 Å². The maximum Gasteiger partial charge on any atom is 0.328 e. The summed E-state index contributed by atoms with van der Waals surface area (Å²) in [6, 6.07) is 4.99. The molecule has 1 aliphatic heterocycles. The molecule has 1 saturated heterocycles. The van der Waals surface area contributed by atoms with Crippen molar-refractivity contribution in [2.75, 3.05) is 31.3 Å². The number of nitrogens with one attached hydrogen (secondary N) is 1. The van der Waals surface area contributed by atoms with Crippen LogP contribution in [0.1, 0.15) is 13.3 Å². The van der Waals surface area contributed by atoms with Gasteiger partial charge in [-0.2, -0.15) is 0 Å². The van der Waals surface area contributed by atoms with E-state index in [4.69, 9.17) is 9.47 Å². The Labute approximate surface area is 131 Å². The molecule has 0 saturated carbocycles. The minimum atomic E-state index is -0.431. The number of anilines is 1. The molecule has 7 heteroatoms. The summed E-state index contributed by atoms with van der Waals surface area (Å²) in [6.45, 7) is 3.77. The first-order chi connectivity index (χ1) is 10.1. The van der Waals surface area contributed by atoms with E-state index in [1.54, 1.807) is 12.1 Å². The fourth-order valence-corrected chi connectivity index (χ4v) is 2.32. The van der Waals surface area contributed by atoms with E-state index in [0.29, 0.717) is 37.8 Å². The minimum absolute atomic E-state index is 0.259. The van der Waals surface area contributed by atoms with Crippen LogP contribution >= 0.6 is 15.9 Å². The van der Waals surface area contributed by atoms with E-state index in [-0.39, 0.29) is 12.3 Å². The van der Waals surface area contributed by atoms with Crippen molar-refractivity contribution in [3.63, 3.8) is 0 Å². The first-order valence-corrected chi connectivity index (χ1v) is 7.52. The van der Waals surface area contributed by atoms with Crippen LogP contribution < -0.4 is 15.0 Å². The van der Waals surface area contributed by atoms with Crippen molar-refractivity contribution in [3.8, 4) is 5.75 Å². The normalized spacial score (nSPS) is 15.0. The van der Waals surface area contributed by atoms with Gasteiger partial charge in [-0.3, -0.25) is 15.0 Å². The van der Waals surface area contributed by atoms with Gasteiger partial charge in [-0.05, 0) is 25.1 Å². The topological polar surface area (TPSA) is 67.9 Å². The van der Waals surface area contributed by atoms with Crippen molar-refractivity contribution >= 4 is 33.6 Å². The first-order valence-electron chi connectivity index (χ1n) is 6.73. The summed E-state index contributed by atoms with van der Waals surface area (Å²) in [5.74, 6) is 0.326. The summed E-state index contributed by atoms with van der Waals surface area (Å²) in [5, 5.41) is 2.30. The average Bonchev–Trinajstić information content (AvgIpc) is 2.45. The van der Waals surface area contributed by atoms with E-state index in [1.165, 1.54) is 4.90 Å². The molecule has 1 aromatic carbocycles. The molecule has 0 radical (unpaired) electrons. The van der Waals surface area contributed by atoms with Crippen LogP contribution in [0.2, 0.25) is 0 Å². The van der Waals surface area contributed by atoms with Gasteiger partial charge in [0.1, 0.15) is 12.4 Å². The Morgan fingerprint density at radius 1 is 1.33 bits per heavy atom. The molecular weight excluding hydrogens is 340 g/mol. The lowest BCUT2D eigenvalue weighted by Crippen LogP contribution is -2.49. The van der Waals surface area contributed by atoms with E-state index in [1.807, 2.05) is 13.0 Å². The van der Waals surface area contributed by atoms with Crippen LogP contribution in [0.25, 0.3) is 0 Å². The van der Waals surface area contributed by atoms with Crippen LogP contribution in [0.5, 0.6) is 5.75 Å². The van der Waals surface area contributed by atoms with Crippen molar-refractivity contribution in [2.45, 2.75) is 13.3 Å². The van der Waals surface area contributed by atoms with Gasteiger partial charge < -0.3 is 9.47 Å². The largest absolute Gasteiger partial charge is 0.489 e. The number of ether oxygens (including phenoxy) is 2. The zero-order valence-electron chi connectivity index (χ0n) is 11.7. The Hall–Kier alpha value is -1.60. The highest BCUT2D eigenvalue weighted by atomic mass is 79.9. The number of halogens is 1. The molecule has 1 fully saturated rings. The molecule has 1 heterocycles. The lowest BCUT2D eigenvalue weighted by atomic mass is 10.2. The zero-order valence-corrected chi connectivity index (χ0v) is 13.3. The number of urea groups is 1. The van der Waals surface area contributed by atoms with Crippen molar-refractivity contribution in [3.05, 3.63) is 22.7 Å². The molecule has 1 N–H and O–H groups in total. The molecule has 1 aromatic rings. The van der Waals surface area contributed by atoms with Crippen molar-refractivity contribution in [1.82, 2.24) is 5.32 Å². The minimum Gasteiger partial charge on any atom is -0.489 e. The van der Waals surface area contributed by atoms with Gasteiger partial charge in [0.15, 0.2) is 0 Å². The van der Waals surface area contributed by atoms with Gasteiger partial charge in [0.25, 0.3) is 0 Å². The molecule has 0 aliphatic carbocycles. The number of carbonyl (C=O) groups is 2. The molecule has 1 aliphatic rings. The van der Waals surface area contributed by atoms with Crippen molar-refractivity contribution < 1.29 is 19.1 Å². The Kier molecular flexibility index (Phi) is 5.58. The third-order valence-electron chi connectivity index (χ3n) is 2.96. The molecule has 2 rings (SSSR count). The summed E-state index contributed by atoms with van der Waals surface area (Å²) < 4.78 is 11.7. The van der Waals surface area contributed by atoms with Crippen LogP contribution in [0, 0.1) is 0 Å². The average molecular weight is 357 g/mol. The van der Waals surface area contributed by atoms with E-state index in [2.05, 4.69) is 21.2 Å². The van der Waals surface area contributed by atoms with Gasteiger partial charge in [0.2, 0.25) is 5.91 Å². The molecule has 0 bridgehead atoms. The highest BCUT2D eigenvalue weighted by molar-refractivity contribution is 9.10. The number of nitrogens with zero attached hydrogens (tertiary/aromatic N) is 1. The lowest BCUT2D eigenvalue weighted by molar-refractivity contribution is -0.120. The van der Waals surface area contributed by atoms with Gasteiger partial charge >= 0.3 is 6.03 Å². The van der Waals surface area contributed by atoms with Gasteiger partial charge in [-0.1, -0.05) is 15.9 Å². The van der Waals surface area contributed by atoms with E-state index in [9.17, 15) is 9.59 Å². The molecule has 3 amide bonds. The van der Waals surface area contributed by atoms with Gasteiger partial charge in [0.05, 0.1) is 12.3 Å². The van der Waals surface area contributed by atoms with Crippen LogP contribution in [-0.2, 0) is 9.53 Å². The Morgan fingerprint density at radius 3 is 2.86 bits per heavy atom. The first kappa shape index (κ1) is 15.8. The fraction of sp³-hybridized carbons (Fsp3) is 0.429. The Bertz CT molecular complexity index is 536. The van der Waals surface area contributed by atoms with Gasteiger partial charge in [-0.25, -0.2) is 4.79 Å². The second-order valence-electron chi connectivity index (χ2n) is 4.41. The van der Waals surface area contributed by atoms with Gasteiger partial charge in [0, 0.05) is 24.0 Å². The number of hydrogen-bond donors (Lipinski definition) is 1. The molecule has 0 aromatic heterocycles. The molecule has 21 heavy (non-hydrogen) atoms. The van der Waals surface area contributed by atoms with Crippen LogP contribution in [0.15, 0.2) is 22.7 Å². The molecule has 0 unspecified atom stereocenters.